The second-order valence-corrected chi connectivity index (χ2v) is 6.67. The average Bonchev–Trinajstić information content (AvgIpc) is 3.01. The molecule has 3 aromatic rings. The lowest BCUT2D eigenvalue weighted by atomic mass is 10.2. The molecule has 27 heavy (non-hydrogen) atoms. The molecule has 0 aliphatic carbocycles. The number of imidazole rings is 1. The maximum atomic E-state index is 11.4. The van der Waals surface area contributed by atoms with Gasteiger partial charge in [0.15, 0.2) is 5.82 Å². The zero-order valence-corrected chi connectivity index (χ0v) is 15.7. The van der Waals surface area contributed by atoms with Crippen molar-refractivity contribution in [2.45, 2.75) is 45.6 Å². The first-order valence-electron chi connectivity index (χ1n) is 9.56. The maximum Gasteiger partial charge on any atom is 0.222 e. The number of pyridine rings is 1. The zero-order chi connectivity index (χ0) is 19.2. The minimum absolute atomic E-state index is 0.109. The largest absolute Gasteiger partial charge is 0.396 e. The molecule has 3 rings (SSSR count). The molecule has 0 fully saturated rings. The summed E-state index contributed by atoms with van der Waals surface area (Å²) in [6.45, 7) is 3.45. The molecule has 4 N–H and O–H groups in total. The van der Waals surface area contributed by atoms with E-state index in [1.165, 1.54) is 0 Å². The highest BCUT2D eigenvalue weighted by Crippen LogP contribution is 2.29. The molecule has 0 radical (unpaired) electrons. The summed E-state index contributed by atoms with van der Waals surface area (Å²) in [7, 11) is 0. The first kappa shape index (κ1) is 19.1. The van der Waals surface area contributed by atoms with Crippen molar-refractivity contribution in [2.75, 3.05) is 18.9 Å². The lowest BCUT2D eigenvalue weighted by Crippen LogP contribution is -2.25. The summed E-state index contributed by atoms with van der Waals surface area (Å²) in [6.07, 6.45) is 3.82. The van der Waals surface area contributed by atoms with Crippen LogP contribution in [0.1, 0.15) is 38.4 Å². The molecule has 0 atom stereocenters. The smallest absolute Gasteiger partial charge is 0.222 e. The summed E-state index contributed by atoms with van der Waals surface area (Å²) < 4.78 is 2.26. The van der Waals surface area contributed by atoms with Crippen molar-refractivity contribution in [2.24, 2.45) is 0 Å². The molecule has 1 amide bonds. The molecule has 0 saturated heterocycles. The molecule has 0 spiro atoms. The van der Waals surface area contributed by atoms with Gasteiger partial charge in [0.1, 0.15) is 11.3 Å². The van der Waals surface area contributed by atoms with E-state index in [0.717, 1.165) is 60.0 Å². The topological polar surface area (TPSA) is 106 Å². The Morgan fingerprint density at radius 1 is 1.26 bits per heavy atom. The normalized spacial score (nSPS) is 11.3. The number of anilines is 1. The first-order valence-corrected chi connectivity index (χ1v) is 9.56. The molecule has 0 unspecified atom stereocenters. The number of aromatic nitrogens is 3. The molecule has 0 bridgehead atoms. The first-order chi connectivity index (χ1) is 13.2. The summed E-state index contributed by atoms with van der Waals surface area (Å²) in [4.78, 5) is 20.7. The van der Waals surface area contributed by atoms with E-state index in [1.54, 1.807) is 0 Å². The van der Waals surface area contributed by atoms with Gasteiger partial charge in [-0.25, -0.2) is 9.97 Å². The second-order valence-electron chi connectivity index (χ2n) is 6.67. The standard InChI is InChI=1S/C20H27N5O2/c1-2-7-16-24-18-19(14-8-3-4-9-15(14)23-20(18)21)25(16)12-6-5-11-22-17(27)10-13-26/h3-4,8-9,26H,2,5-7,10-13H2,1H3,(H2,21,23)(H,22,27). The van der Waals surface area contributed by atoms with Crippen molar-refractivity contribution in [1.29, 1.82) is 0 Å². The van der Waals surface area contributed by atoms with Crippen molar-refractivity contribution in [3.05, 3.63) is 30.1 Å². The van der Waals surface area contributed by atoms with Gasteiger partial charge in [-0.15, -0.1) is 0 Å². The van der Waals surface area contributed by atoms with Gasteiger partial charge in [0.25, 0.3) is 0 Å². The fourth-order valence-corrected chi connectivity index (χ4v) is 3.37. The van der Waals surface area contributed by atoms with E-state index in [2.05, 4.69) is 27.9 Å². The summed E-state index contributed by atoms with van der Waals surface area (Å²) >= 11 is 0. The van der Waals surface area contributed by atoms with Crippen molar-refractivity contribution in [3.63, 3.8) is 0 Å². The summed E-state index contributed by atoms with van der Waals surface area (Å²) in [6, 6.07) is 8.00. The Balaban J connectivity index is 1.84. The van der Waals surface area contributed by atoms with Gasteiger partial charge in [-0.1, -0.05) is 25.1 Å². The van der Waals surface area contributed by atoms with Crippen LogP contribution >= 0.6 is 0 Å². The number of aliphatic hydroxyl groups is 1. The third kappa shape index (κ3) is 4.19. The predicted octanol–water partition coefficient (Wildman–Crippen LogP) is 2.40. The van der Waals surface area contributed by atoms with Crippen LogP contribution in [-0.2, 0) is 17.8 Å². The van der Waals surface area contributed by atoms with Gasteiger partial charge in [-0.05, 0) is 25.3 Å². The van der Waals surface area contributed by atoms with Gasteiger partial charge in [0.05, 0.1) is 17.6 Å². The van der Waals surface area contributed by atoms with Crippen LogP contribution < -0.4 is 11.1 Å². The number of carbonyl (C=O) groups excluding carboxylic acids is 1. The van der Waals surface area contributed by atoms with Crippen LogP contribution in [0.2, 0.25) is 0 Å². The van der Waals surface area contributed by atoms with E-state index >= 15 is 0 Å². The minimum Gasteiger partial charge on any atom is -0.396 e. The lowest BCUT2D eigenvalue weighted by Gasteiger charge is -2.11. The number of carbonyl (C=O) groups is 1. The molecule has 0 aliphatic heterocycles. The number of hydrogen-bond donors (Lipinski definition) is 3. The number of nitrogens with zero attached hydrogens (tertiary/aromatic N) is 3. The van der Waals surface area contributed by atoms with Crippen molar-refractivity contribution >= 4 is 33.7 Å². The number of nitrogen functional groups attached to an aromatic ring is 1. The number of aliphatic hydroxyl groups excluding tert-OH is 1. The molecule has 7 heteroatoms. The monoisotopic (exact) mass is 369 g/mol. The van der Waals surface area contributed by atoms with Crippen molar-refractivity contribution in [3.8, 4) is 0 Å². The SMILES string of the molecule is CCCc1nc2c(N)nc3ccccc3c2n1CCCCNC(=O)CCO. The molecular formula is C20H27N5O2. The fourth-order valence-electron chi connectivity index (χ4n) is 3.37. The number of hydrogen-bond acceptors (Lipinski definition) is 5. The highest BCUT2D eigenvalue weighted by Gasteiger charge is 2.16. The third-order valence-corrected chi connectivity index (χ3v) is 4.63. The van der Waals surface area contributed by atoms with Crippen molar-refractivity contribution in [1.82, 2.24) is 19.9 Å². The number of amides is 1. The fraction of sp³-hybridized carbons (Fsp3) is 0.450. The number of para-hydroxylation sites is 1. The number of rotatable bonds is 9. The van der Waals surface area contributed by atoms with Crippen LogP contribution in [0.25, 0.3) is 21.9 Å². The van der Waals surface area contributed by atoms with E-state index in [4.69, 9.17) is 15.8 Å². The van der Waals surface area contributed by atoms with Crippen LogP contribution in [0.15, 0.2) is 24.3 Å². The van der Waals surface area contributed by atoms with Crippen LogP contribution in [0.5, 0.6) is 0 Å². The number of fused-ring (bicyclic) bond motifs is 3. The van der Waals surface area contributed by atoms with Gasteiger partial charge in [-0.2, -0.15) is 0 Å². The second kappa shape index (κ2) is 8.81. The Labute approximate surface area is 158 Å². The third-order valence-electron chi connectivity index (χ3n) is 4.63. The van der Waals surface area contributed by atoms with Crippen molar-refractivity contribution < 1.29 is 9.90 Å². The van der Waals surface area contributed by atoms with E-state index in [-0.39, 0.29) is 18.9 Å². The van der Waals surface area contributed by atoms with Gasteiger partial charge >= 0.3 is 0 Å². The van der Waals surface area contributed by atoms with Crippen LogP contribution in [0.4, 0.5) is 5.82 Å². The van der Waals surface area contributed by atoms with Gasteiger partial charge in [0, 0.05) is 31.3 Å². The Morgan fingerprint density at radius 3 is 2.85 bits per heavy atom. The van der Waals surface area contributed by atoms with Crippen LogP contribution in [0.3, 0.4) is 0 Å². The van der Waals surface area contributed by atoms with Gasteiger partial charge < -0.3 is 20.7 Å². The molecule has 0 saturated carbocycles. The average molecular weight is 369 g/mol. The molecule has 2 aromatic heterocycles. The molecule has 7 nitrogen and oxygen atoms in total. The summed E-state index contributed by atoms with van der Waals surface area (Å²) in [5, 5.41) is 12.7. The molecule has 144 valence electrons. The Hall–Kier alpha value is -2.67. The number of benzene rings is 1. The summed E-state index contributed by atoms with van der Waals surface area (Å²) in [5.74, 6) is 1.39. The number of nitrogens with one attached hydrogen (secondary N) is 1. The lowest BCUT2D eigenvalue weighted by molar-refractivity contribution is -0.121. The Morgan fingerprint density at radius 2 is 2.07 bits per heavy atom. The van der Waals surface area contributed by atoms with Gasteiger partial charge in [0.2, 0.25) is 5.91 Å². The van der Waals surface area contributed by atoms with Crippen LogP contribution in [-0.4, -0.2) is 38.7 Å². The maximum absolute atomic E-state index is 11.4. The number of aryl methyl sites for hydroxylation is 2. The Kier molecular flexibility index (Phi) is 6.24. The Bertz CT molecular complexity index is 935. The minimum atomic E-state index is -0.115. The highest BCUT2D eigenvalue weighted by molar-refractivity contribution is 6.06. The van der Waals surface area contributed by atoms with E-state index in [0.29, 0.717) is 12.4 Å². The van der Waals surface area contributed by atoms with Crippen LogP contribution in [0, 0.1) is 0 Å². The summed E-state index contributed by atoms with van der Waals surface area (Å²) in [5.41, 5.74) is 8.88. The van der Waals surface area contributed by atoms with E-state index in [9.17, 15) is 4.79 Å². The quantitative estimate of drug-likeness (QED) is 0.502. The molecular weight excluding hydrogens is 342 g/mol. The number of nitrogens with two attached hydrogens (primary N) is 1. The number of unbranched alkanes of at least 4 members (excludes halogenated alkanes) is 1. The molecule has 2 heterocycles. The van der Waals surface area contributed by atoms with E-state index < -0.39 is 0 Å². The van der Waals surface area contributed by atoms with E-state index in [1.807, 2.05) is 18.2 Å². The predicted molar refractivity (Wildman–Crippen MR) is 107 cm³/mol. The zero-order valence-electron chi connectivity index (χ0n) is 15.7. The highest BCUT2D eigenvalue weighted by atomic mass is 16.3. The molecule has 0 aliphatic rings. The van der Waals surface area contributed by atoms with Gasteiger partial charge in [-0.3, -0.25) is 4.79 Å². The molecule has 1 aromatic carbocycles.